The monoisotopic (exact) mass is 236 g/mol. The largest absolute Gasteiger partial charge is 0.299 e. The summed E-state index contributed by atoms with van der Waals surface area (Å²) < 4.78 is 0. The van der Waals surface area contributed by atoms with E-state index < -0.39 is 0 Å². The van der Waals surface area contributed by atoms with Crippen LogP contribution in [0, 0.1) is 17.8 Å². The van der Waals surface area contributed by atoms with Crippen LogP contribution < -0.4 is 0 Å². The number of hydrogen-bond acceptors (Lipinski definition) is 1. The summed E-state index contributed by atoms with van der Waals surface area (Å²) in [5.74, 6) is 2.95. The molecule has 0 heterocycles. The van der Waals surface area contributed by atoms with E-state index in [1.165, 1.54) is 57.8 Å². The molecule has 0 spiro atoms. The van der Waals surface area contributed by atoms with Gasteiger partial charge in [0.05, 0.1) is 0 Å². The zero-order chi connectivity index (χ0) is 12.1. The number of rotatable bonds is 4. The molecule has 1 atom stereocenters. The zero-order valence-corrected chi connectivity index (χ0v) is 11.4. The fourth-order valence-electron chi connectivity index (χ4n) is 3.73. The van der Waals surface area contributed by atoms with Crippen LogP contribution in [0.5, 0.6) is 0 Å². The van der Waals surface area contributed by atoms with E-state index in [1.807, 2.05) is 0 Å². The Bertz CT molecular complexity index is 238. The van der Waals surface area contributed by atoms with Crippen molar-refractivity contribution < 1.29 is 4.79 Å². The maximum atomic E-state index is 11.8. The number of hydrogen-bond donors (Lipinski definition) is 0. The lowest BCUT2D eigenvalue weighted by atomic mass is 9.76. The molecule has 2 rings (SSSR count). The third kappa shape index (κ3) is 3.82. The zero-order valence-electron chi connectivity index (χ0n) is 11.4. The Labute approximate surface area is 106 Å². The number of Topliss-reactive ketones (excluding diaryl/α,β-unsaturated/α-hetero) is 1. The Morgan fingerprint density at radius 3 is 2.29 bits per heavy atom. The molecule has 0 saturated heterocycles. The molecule has 2 aliphatic carbocycles. The fraction of sp³-hybridized carbons (Fsp3) is 0.938. The second kappa shape index (κ2) is 6.56. The van der Waals surface area contributed by atoms with Gasteiger partial charge in [0.25, 0.3) is 0 Å². The van der Waals surface area contributed by atoms with Crippen molar-refractivity contribution in [1.82, 2.24) is 0 Å². The predicted molar refractivity (Wildman–Crippen MR) is 71.9 cm³/mol. The summed E-state index contributed by atoms with van der Waals surface area (Å²) in [6.07, 6.45) is 14.1. The van der Waals surface area contributed by atoms with Crippen LogP contribution in [-0.2, 0) is 4.79 Å². The first kappa shape index (κ1) is 13.1. The Morgan fingerprint density at radius 1 is 0.941 bits per heavy atom. The van der Waals surface area contributed by atoms with Gasteiger partial charge in [0.1, 0.15) is 5.78 Å². The van der Waals surface area contributed by atoms with E-state index in [0.29, 0.717) is 11.7 Å². The topological polar surface area (TPSA) is 17.1 Å². The molecular formula is C16H28O. The Morgan fingerprint density at radius 2 is 1.65 bits per heavy atom. The van der Waals surface area contributed by atoms with Crippen molar-refractivity contribution in [3.63, 3.8) is 0 Å². The molecule has 0 N–H and O–H groups in total. The molecule has 2 fully saturated rings. The third-order valence-electron chi connectivity index (χ3n) is 5.15. The molecule has 2 aliphatic rings. The molecule has 0 bridgehead atoms. The summed E-state index contributed by atoms with van der Waals surface area (Å²) in [4.78, 5) is 11.8. The van der Waals surface area contributed by atoms with Gasteiger partial charge in [0.2, 0.25) is 0 Å². The molecule has 0 aromatic rings. The standard InChI is InChI=1S/C16H28O/c1-2-13-7-9-14(10-8-13)11-12-15-5-3-4-6-16(15)17/h13-15H,2-12H2,1H3. The van der Waals surface area contributed by atoms with Crippen molar-refractivity contribution >= 4 is 5.78 Å². The highest BCUT2D eigenvalue weighted by Crippen LogP contribution is 2.35. The van der Waals surface area contributed by atoms with E-state index in [9.17, 15) is 4.79 Å². The van der Waals surface area contributed by atoms with Gasteiger partial charge in [0.15, 0.2) is 0 Å². The quantitative estimate of drug-likeness (QED) is 0.689. The van der Waals surface area contributed by atoms with Crippen molar-refractivity contribution in [3.05, 3.63) is 0 Å². The molecule has 0 aromatic heterocycles. The average Bonchev–Trinajstić information content (AvgIpc) is 2.38. The highest BCUT2D eigenvalue weighted by Gasteiger charge is 2.25. The van der Waals surface area contributed by atoms with E-state index in [2.05, 4.69) is 6.92 Å². The molecule has 1 unspecified atom stereocenters. The second-order valence-electron chi connectivity index (χ2n) is 6.28. The number of carbonyl (C=O) groups is 1. The van der Waals surface area contributed by atoms with Crippen LogP contribution in [0.25, 0.3) is 0 Å². The van der Waals surface area contributed by atoms with Gasteiger partial charge in [-0.3, -0.25) is 4.79 Å². The molecule has 17 heavy (non-hydrogen) atoms. The maximum Gasteiger partial charge on any atom is 0.135 e. The van der Waals surface area contributed by atoms with Crippen molar-refractivity contribution in [1.29, 1.82) is 0 Å². The van der Waals surface area contributed by atoms with Crippen LogP contribution in [0.15, 0.2) is 0 Å². The van der Waals surface area contributed by atoms with E-state index in [-0.39, 0.29) is 0 Å². The summed E-state index contributed by atoms with van der Waals surface area (Å²) in [5, 5.41) is 0. The highest BCUT2D eigenvalue weighted by atomic mass is 16.1. The first-order valence-corrected chi connectivity index (χ1v) is 7.82. The molecule has 1 nitrogen and oxygen atoms in total. The Hall–Kier alpha value is -0.330. The average molecular weight is 236 g/mol. The van der Waals surface area contributed by atoms with Gasteiger partial charge in [-0.2, -0.15) is 0 Å². The summed E-state index contributed by atoms with van der Waals surface area (Å²) in [5.41, 5.74) is 0. The number of carbonyl (C=O) groups excluding carboxylic acids is 1. The van der Waals surface area contributed by atoms with Crippen LogP contribution in [0.2, 0.25) is 0 Å². The maximum absolute atomic E-state index is 11.8. The van der Waals surface area contributed by atoms with E-state index >= 15 is 0 Å². The molecule has 0 radical (unpaired) electrons. The van der Waals surface area contributed by atoms with Gasteiger partial charge in [0, 0.05) is 12.3 Å². The molecule has 0 amide bonds. The SMILES string of the molecule is CCC1CCC(CCC2CCCCC2=O)CC1. The first-order valence-electron chi connectivity index (χ1n) is 7.82. The van der Waals surface area contributed by atoms with Gasteiger partial charge >= 0.3 is 0 Å². The van der Waals surface area contributed by atoms with Crippen molar-refractivity contribution in [3.8, 4) is 0 Å². The van der Waals surface area contributed by atoms with Gasteiger partial charge < -0.3 is 0 Å². The van der Waals surface area contributed by atoms with Gasteiger partial charge in [-0.15, -0.1) is 0 Å². The van der Waals surface area contributed by atoms with Crippen LogP contribution in [0.4, 0.5) is 0 Å². The van der Waals surface area contributed by atoms with E-state index in [1.54, 1.807) is 0 Å². The minimum atomic E-state index is 0.438. The lowest BCUT2D eigenvalue weighted by Crippen LogP contribution is -2.21. The molecular weight excluding hydrogens is 208 g/mol. The summed E-state index contributed by atoms with van der Waals surface area (Å²) in [7, 11) is 0. The fourth-order valence-corrected chi connectivity index (χ4v) is 3.73. The van der Waals surface area contributed by atoms with Gasteiger partial charge in [-0.05, 0) is 37.5 Å². The van der Waals surface area contributed by atoms with Gasteiger partial charge in [-0.1, -0.05) is 45.4 Å². The van der Waals surface area contributed by atoms with Crippen molar-refractivity contribution in [2.75, 3.05) is 0 Å². The summed E-state index contributed by atoms with van der Waals surface area (Å²) >= 11 is 0. The molecule has 98 valence electrons. The lowest BCUT2D eigenvalue weighted by molar-refractivity contribution is -0.124. The molecule has 2 saturated carbocycles. The molecule has 1 heteroatoms. The second-order valence-corrected chi connectivity index (χ2v) is 6.28. The van der Waals surface area contributed by atoms with Crippen LogP contribution in [-0.4, -0.2) is 5.78 Å². The van der Waals surface area contributed by atoms with Crippen LogP contribution in [0.1, 0.15) is 77.6 Å². The van der Waals surface area contributed by atoms with E-state index in [0.717, 1.165) is 24.7 Å². The van der Waals surface area contributed by atoms with E-state index in [4.69, 9.17) is 0 Å². The highest BCUT2D eigenvalue weighted by molar-refractivity contribution is 5.81. The first-order chi connectivity index (χ1) is 8.29. The molecule has 0 aromatic carbocycles. The minimum absolute atomic E-state index is 0.438. The normalized spacial score (nSPS) is 34.9. The van der Waals surface area contributed by atoms with Crippen molar-refractivity contribution in [2.45, 2.75) is 77.6 Å². The smallest absolute Gasteiger partial charge is 0.135 e. The van der Waals surface area contributed by atoms with Crippen LogP contribution >= 0.6 is 0 Å². The summed E-state index contributed by atoms with van der Waals surface area (Å²) in [6, 6.07) is 0. The van der Waals surface area contributed by atoms with Gasteiger partial charge in [-0.25, -0.2) is 0 Å². The van der Waals surface area contributed by atoms with Crippen LogP contribution in [0.3, 0.4) is 0 Å². The predicted octanol–water partition coefficient (Wildman–Crippen LogP) is 4.74. The summed E-state index contributed by atoms with van der Waals surface area (Å²) in [6.45, 7) is 2.33. The lowest BCUT2D eigenvalue weighted by Gasteiger charge is -2.29. The number of ketones is 1. The Balaban J connectivity index is 1.66. The third-order valence-corrected chi connectivity index (χ3v) is 5.15. The van der Waals surface area contributed by atoms with Crippen molar-refractivity contribution in [2.24, 2.45) is 17.8 Å². The Kier molecular flexibility index (Phi) is 5.06. The molecule has 0 aliphatic heterocycles. The minimum Gasteiger partial charge on any atom is -0.299 e.